The van der Waals surface area contributed by atoms with Gasteiger partial charge in [0.25, 0.3) is 0 Å². The number of likely N-dealkylation sites (tertiary alicyclic amines) is 1. The second-order valence-electron chi connectivity index (χ2n) is 11.1. The van der Waals surface area contributed by atoms with E-state index in [-0.39, 0.29) is 6.42 Å². The van der Waals surface area contributed by atoms with Crippen LogP contribution in [-0.2, 0) is 30.6 Å². The van der Waals surface area contributed by atoms with E-state index in [1.807, 2.05) is 104 Å². The number of hydrogen-bond donors (Lipinski definition) is 1. The molecule has 41 heavy (non-hydrogen) atoms. The van der Waals surface area contributed by atoms with E-state index in [0.717, 1.165) is 38.3 Å². The minimum atomic E-state index is -1.31. The molecule has 4 aromatic rings. The molecule has 3 aliphatic carbocycles. The van der Waals surface area contributed by atoms with Crippen LogP contribution in [0.1, 0.15) is 33.4 Å². The molecular formula is C34H26Cl2N2O3. The number of alkyl halides is 2. The van der Waals surface area contributed by atoms with E-state index in [2.05, 4.69) is 5.32 Å². The normalized spacial score (nSPS) is 26.3. The third kappa shape index (κ3) is 3.58. The van der Waals surface area contributed by atoms with Crippen molar-refractivity contribution in [3.05, 3.63) is 137 Å². The molecule has 204 valence electrons. The van der Waals surface area contributed by atoms with E-state index in [1.165, 1.54) is 0 Å². The molecule has 0 unspecified atom stereocenters. The van der Waals surface area contributed by atoms with Crippen LogP contribution < -0.4 is 5.32 Å². The van der Waals surface area contributed by atoms with E-state index in [9.17, 15) is 14.4 Å². The van der Waals surface area contributed by atoms with Crippen molar-refractivity contribution in [3.8, 4) is 0 Å². The topological polar surface area (TPSA) is 66.5 Å². The smallest absolute Gasteiger partial charge is 0.248 e. The van der Waals surface area contributed by atoms with Crippen LogP contribution in [0.4, 0.5) is 5.69 Å². The van der Waals surface area contributed by atoms with Gasteiger partial charge in [-0.25, -0.2) is 0 Å². The van der Waals surface area contributed by atoms with Gasteiger partial charge in [0.2, 0.25) is 17.7 Å². The lowest BCUT2D eigenvalue weighted by Gasteiger charge is -2.54. The van der Waals surface area contributed by atoms with E-state index < -0.39 is 45.3 Å². The van der Waals surface area contributed by atoms with Crippen molar-refractivity contribution < 1.29 is 14.4 Å². The summed E-state index contributed by atoms with van der Waals surface area (Å²) in [6.45, 7) is 1.93. The van der Waals surface area contributed by atoms with Crippen molar-refractivity contribution in [3.63, 3.8) is 0 Å². The van der Waals surface area contributed by atoms with Crippen molar-refractivity contribution in [1.29, 1.82) is 0 Å². The maximum atomic E-state index is 14.5. The van der Waals surface area contributed by atoms with Gasteiger partial charge in [-0.3, -0.25) is 19.3 Å². The number of halogens is 2. The zero-order valence-electron chi connectivity index (χ0n) is 22.2. The number of benzene rings is 4. The first-order valence-corrected chi connectivity index (χ1v) is 14.4. The fraction of sp³-hybridized carbons (Fsp3) is 0.206. The summed E-state index contributed by atoms with van der Waals surface area (Å²) in [5, 5.41) is 2.94. The van der Waals surface area contributed by atoms with Crippen LogP contribution in [0.3, 0.4) is 0 Å². The number of carbonyl (C=O) groups is 3. The number of nitrogens with zero attached hydrogens (tertiary/aromatic N) is 1. The molecule has 3 amide bonds. The molecule has 0 aromatic heterocycles. The molecular weight excluding hydrogens is 555 g/mol. The van der Waals surface area contributed by atoms with E-state index >= 15 is 0 Å². The highest BCUT2D eigenvalue weighted by molar-refractivity contribution is 6.36. The molecule has 1 heterocycles. The van der Waals surface area contributed by atoms with Gasteiger partial charge in [0.05, 0.1) is 11.8 Å². The van der Waals surface area contributed by atoms with Crippen molar-refractivity contribution in [2.45, 2.75) is 29.1 Å². The number of carbonyl (C=O) groups excluding carboxylic acids is 3. The van der Waals surface area contributed by atoms with E-state index in [4.69, 9.17) is 23.2 Å². The zero-order valence-corrected chi connectivity index (χ0v) is 23.7. The highest BCUT2D eigenvalue weighted by Crippen LogP contribution is 2.69. The first-order chi connectivity index (χ1) is 19.8. The quantitative estimate of drug-likeness (QED) is 0.228. The molecule has 1 saturated heterocycles. The summed E-state index contributed by atoms with van der Waals surface area (Å²) in [5.41, 5.74) is 5.29. The highest BCUT2D eigenvalue weighted by Gasteiger charge is 2.73. The van der Waals surface area contributed by atoms with Gasteiger partial charge in [-0.2, -0.15) is 0 Å². The molecule has 0 spiro atoms. The Hall–Kier alpha value is -3.93. The standard InChI is InChI=1S/C34H26Cl2N2O3/c1-20-10-9-13-22(18-20)37-30(39)27(19-21-11-3-2-4-12-21)38-31(40)28-29(32(38)41)34(36)24-15-6-5-14-23(24)33(28,35)25-16-7-8-17-26(25)34/h2-18,27-29H,19H2,1H3,(H,37,39)/t27-,28-,29-,33?,34?/m0/s1. The third-order valence-electron chi connectivity index (χ3n) is 8.79. The Morgan fingerprint density at radius 3 is 1.73 bits per heavy atom. The Bertz CT molecular complexity index is 1620. The first kappa shape index (κ1) is 26.0. The van der Waals surface area contributed by atoms with Crippen LogP contribution in [0.15, 0.2) is 103 Å². The van der Waals surface area contributed by atoms with Crippen molar-refractivity contribution >= 4 is 46.6 Å². The molecule has 5 nitrogen and oxygen atoms in total. The largest absolute Gasteiger partial charge is 0.324 e. The zero-order chi connectivity index (χ0) is 28.5. The Morgan fingerprint density at radius 1 is 0.756 bits per heavy atom. The molecule has 3 atom stereocenters. The second-order valence-corrected chi connectivity index (χ2v) is 12.3. The molecule has 2 bridgehead atoms. The molecule has 1 fully saturated rings. The maximum Gasteiger partial charge on any atom is 0.248 e. The lowest BCUT2D eigenvalue weighted by Crippen LogP contribution is -2.57. The van der Waals surface area contributed by atoms with Gasteiger partial charge in [0.15, 0.2) is 0 Å². The molecule has 8 rings (SSSR count). The molecule has 1 aliphatic heterocycles. The summed E-state index contributed by atoms with van der Waals surface area (Å²) in [7, 11) is 0. The Kier molecular flexibility index (Phi) is 5.90. The van der Waals surface area contributed by atoms with Crippen LogP contribution in [0, 0.1) is 18.8 Å². The lowest BCUT2D eigenvalue weighted by atomic mass is 9.54. The molecule has 1 N–H and O–H groups in total. The Labute approximate surface area is 248 Å². The number of hydrogen-bond acceptors (Lipinski definition) is 3. The Morgan fingerprint density at radius 2 is 1.24 bits per heavy atom. The van der Waals surface area contributed by atoms with Gasteiger partial charge in [-0.1, -0.05) is 91.0 Å². The van der Waals surface area contributed by atoms with Crippen LogP contribution in [0.25, 0.3) is 0 Å². The third-order valence-corrected chi connectivity index (χ3v) is 10.1. The predicted octanol–water partition coefficient (Wildman–Crippen LogP) is 6.14. The van der Waals surface area contributed by atoms with Gasteiger partial charge in [0, 0.05) is 12.1 Å². The van der Waals surface area contributed by atoms with Crippen molar-refractivity contribution in [2.24, 2.45) is 11.8 Å². The number of anilines is 1. The van der Waals surface area contributed by atoms with Crippen LogP contribution >= 0.6 is 23.2 Å². The highest BCUT2D eigenvalue weighted by atomic mass is 35.5. The number of aryl methyl sites for hydroxylation is 1. The van der Waals surface area contributed by atoms with Gasteiger partial charge in [-0.15, -0.1) is 23.2 Å². The number of nitrogens with one attached hydrogen (secondary N) is 1. The fourth-order valence-electron chi connectivity index (χ4n) is 7.08. The summed E-state index contributed by atoms with van der Waals surface area (Å²) < 4.78 is 0. The second kappa shape index (κ2) is 9.30. The predicted molar refractivity (Wildman–Crippen MR) is 159 cm³/mol. The minimum absolute atomic E-state index is 0.153. The number of imide groups is 1. The number of rotatable bonds is 5. The molecule has 4 aliphatic rings. The summed E-state index contributed by atoms with van der Waals surface area (Å²) >= 11 is 15.2. The summed E-state index contributed by atoms with van der Waals surface area (Å²) in [6.07, 6.45) is 0.153. The summed E-state index contributed by atoms with van der Waals surface area (Å²) in [4.78, 5) is 41.6. The molecule has 7 heteroatoms. The average molecular weight is 581 g/mol. The Balaban J connectivity index is 1.37. The van der Waals surface area contributed by atoms with Gasteiger partial charge < -0.3 is 5.32 Å². The van der Waals surface area contributed by atoms with Crippen molar-refractivity contribution in [2.75, 3.05) is 5.32 Å². The average Bonchev–Trinajstić information content (AvgIpc) is 3.26. The molecule has 4 aromatic carbocycles. The summed E-state index contributed by atoms with van der Waals surface area (Å²) in [6, 6.07) is 30.7. The number of amides is 3. The van der Waals surface area contributed by atoms with Gasteiger partial charge in [-0.05, 0) is 52.4 Å². The summed E-state index contributed by atoms with van der Waals surface area (Å²) in [5.74, 6) is -3.35. The monoisotopic (exact) mass is 580 g/mol. The first-order valence-electron chi connectivity index (χ1n) is 13.6. The lowest BCUT2D eigenvalue weighted by molar-refractivity contribution is -0.146. The SMILES string of the molecule is Cc1cccc(NC(=O)[C@H](Cc2ccccc2)N2C(=O)[C@@H]3[C@@H](C2=O)C2(Cl)c4ccccc4C3(Cl)c3ccccc32)c1. The minimum Gasteiger partial charge on any atom is -0.324 e. The van der Waals surface area contributed by atoms with Crippen LogP contribution in [-0.4, -0.2) is 28.7 Å². The van der Waals surface area contributed by atoms with E-state index in [1.54, 1.807) is 6.07 Å². The fourth-order valence-corrected chi connectivity index (χ4v) is 8.18. The van der Waals surface area contributed by atoms with Gasteiger partial charge >= 0.3 is 0 Å². The molecule has 0 radical (unpaired) electrons. The molecule has 0 saturated carbocycles. The maximum absolute atomic E-state index is 14.5. The van der Waals surface area contributed by atoms with Crippen molar-refractivity contribution in [1.82, 2.24) is 4.90 Å². The van der Waals surface area contributed by atoms with E-state index in [0.29, 0.717) is 5.69 Å². The van der Waals surface area contributed by atoms with Crippen LogP contribution in [0.2, 0.25) is 0 Å². The van der Waals surface area contributed by atoms with Crippen LogP contribution in [0.5, 0.6) is 0 Å². The van der Waals surface area contributed by atoms with Gasteiger partial charge in [0.1, 0.15) is 15.8 Å².